The van der Waals surface area contributed by atoms with Gasteiger partial charge in [-0.05, 0) is 31.0 Å². The Hall–Kier alpha value is -2.80. The summed E-state index contributed by atoms with van der Waals surface area (Å²) < 4.78 is 7.40. The average molecular weight is 397 g/mol. The molecule has 6 nitrogen and oxygen atoms in total. The number of methoxy groups -OCH3 is 1. The minimum absolute atomic E-state index is 0.304. The molecule has 0 aliphatic carbocycles. The molecule has 0 radical (unpaired) electrons. The van der Waals surface area contributed by atoms with Crippen LogP contribution in [0.1, 0.15) is 29.8 Å². The Morgan fingerprint density at radius 2 is 2.00 bits per heavy atom. The fourth-order valence-electron chi connectivity index (χ4n) is 2.94. The molecule has 2 N–H and O–H groups in total. The number of aryl methyl sites for hydroxylation is 2. The zero-order valence-corrected chi connectivity index (χ0v) is 16.9. The lowest BCUT2D eigenvalue weighted by atomic mass is 10.2. The van der Waals surface area contributed by atoms with Crippen LogP contribution >= 0.6 is 11.8 Å². The molecule has 1 heterocycles. The van der Waals surface area contributed by atoms with Gasteiger partial charge in [0.1, 0.15) is 11.6 Å². The van der Waals surface area contributed by atoms with Gasteiger partial charge in [0.2, 0.25) is 5.91 Å². The van der Waals surface area contributed by atoms with Gasteiger partial charge in [-0.15, -0.1) is 10.2 Å². The standard InChI is InChI=1S/C21H24N4O2S/c1-15-6-3-7-16(12-15)14-28-21-24-23-20(11-5-10-19(22)26)25(21)17-8-4-9-18(13-17)27-2/h3-4,6-9,12-13H,5,10-11,14H2,1-2H3,(H2,22,26). The molecule has 0 aliphatic rings. The van der Waals surface area contributed by atoms with Gasteiger partial charge in [0, 0.05) is 24.7 Å². The van der Waals surface area contributed by atoms with Crippen LogP contribution in [0.25, 0.3) is 5.69 Å². The number of rotatable bonds is 9. The van der Waals surface area contributed by atoms with Gasteiger partial charge < -0.3 is 10.5 Å². The van der Waals surface area contributed by atoms with E-state index in [0.717, 1.165) is 28.2 Å². The second-order valence-electron chi connectivity index (χ2n) is 6.53. The largest absolute Gasteiger partial charge is 0.497 e. The summed E-state index contributed by atoms with van der Waals surface area (Å²) in [5.41, 5.74) is 8.68. The van der Waals surface area contributed by atoms with Crippen molar-refractivity contribution >= 4 is 17.7 Å². The van der Waals surface area contributed by atoms with Crippen LogP contribution < -0.4 is 10.5 Å². The lowest BCUT2D eigenvalue weighted by molar-refractivity contribution is -0.118. The summed E-state index contributed by atoms with van der Waals surface area (Å²) in [7, 11) is 1.65. The number of aromatic nitrogens is 3. The molecular weight excluding hydrogens is 372 g/mol. The molecule has 2 aromatic carbocycles. The van der Waals surface area contributed by atoms with Crippen LogP contribution in [0, 0.1) is 6.92 Å². The third kappa shape index (κ3) is 5.13. The predicted octanol–water partition coefficient (Wildman–Crippen LogP) is 3.68. The monoisotopic (exact) mass is 396 g/mol. The highest BCUT2D eigenvalue weighted by molar-refractivity contribution is 7.98. The summed E-state index contributed by atoms with van der Waals surface area (Å²) in [5.74, 6) is 2.07. The van der Waals surface area contributed by atoms with Crippen LogP contribution in [0.3, 0.4) is 0 Å². The van der Waals surface area contributed by atoms with Gasteiger partial charge in [0.15, 0.2) is 5.16 Å². The maximum atomic E-state index is 11.1. The first-order valence-electron chi connectivity index (χ1n) is 9.12. The van der Waals surface area contributed by atoms with Crippen LogP contribution in [0.15, 0.2) is 53.7 Å². The first-order valence-corrected chi connectivity index (χ1v) is 10.1. The molecule has 0 spiro atoms. The molecule has 146 valence electrons. The van der Waals surface area contributed by atoms with E-state index < -0.39 is 0 Å². The first-order chi connectivity index (χ1) is 13.6. The third-order valence-electron chi connectivity index (χ3n) is 4.29. The Morgan fingerprint density at radius 3 is 2.75 bits per heavy atom. The molecule has 0 bridgehead atoms. The van der Waals surface area contributed by atoms with Gasteiger partial charge in [-0.3, -0.25) is 9.36 Å². The number of carbonyl (C=O) groups excluding carboxylic acids is 1. The SMILES string of the molecule is COc1cccc(-n2c(CCCC(N)=O)nnc2SCc2cccc(C)c2)c1. The highest BCUT2D eigenvalue weighted by Gasteiger charge is 2.15. The minimum atomic E-state index is -0.304. The summed E-state index contributed by atoms with van der Waals surface area (Å²) in [5, 5.41) is 9.59. The Bertz CT molecular complexity index is 955. The molecule has 0 atom stereocenters. The fourth-order valence-corrected chi connectivity index (χ4v) is 3.85. The average Bonchev–Trinajstić information content (AvgIpc) is 3.09. The molecule has 1 amide bonds. The quantitative estimate of drug-likeness (QED) is 0.558. The number of carbonyl (C=O) groups is 1. The van der Waals surface area contributed by atoms with Gasteiger partial charge in [-0.2, -0.15) is 0 Å². The van der Waals surface area contributed by atoms with Crippen molar-refractivity contribution in [1.82, 2.24) is 14.8 Å². The second kappa shape index (κ2) is 9.41. The Kier molecular flexibility index (Phi) is 6.71. The zero-order chi connectivity index (χ0) is 19.9. The van der Waals surface area contributed by atoms with Crippen molar-refractivity contribution < 1.29 is 9.53 Å². The lowest BCUT2D eigenvalue weighted by Gasteiger charge is -2.11. The van der Waals surface area contributed by atoms with Crippen LogP contribution in [0.2, 0.25) is 0 Å². The molecule has 7 heteroatoms. The van der Waals surface area contributed by atoms with E-state index in [4.69, 9.17) is 10.5 Å². The molecule has 1 aromatic heterocycles. The van der Waals surface area contributed by atoms with E-state index >= 15 is 0 Å². The van der Waals surface area contributed by atoms with E-state index in [1.807, 2.05) is 28.8 Å². The van der Waals surface area contributed by atoms with Crippen LogP contribution in [-0.2, 0) is 17.0 Å². The van der Waals surface area contributed by atoms with Crippen molar-refractivity contribution in [3.05, 3.63) is 65.5 Å². The number of hydrogen-bond acceptors (Lipinski definition) is 5. The van der Waals surface area contributed by atoms with E-state index in [9.17, 15) is 4.79 Å². The molecule has 0 aliphatic heterocycles. The number of amides is 1. The van der Waals surface area contributed by atoms with Gasteiger partial charge in [-0.1, -0.05) is 47.7 Å². The highest BCUT2D eigenvalue weighted by atomic mass is 32.2. The normalized spacial score (nSPS) is 10.8. The van der Waals surface area contributed by atoms with Crippen molar-refractivity contribution in [2.24, 2.45) is 5.73 Å². The van der Waals surface area contributed by atoms with Gasteiger partial charge in [0.05, 0.1) is 12.8 Å². The second-order valence-corrected chi connectivity index (χ2v) is 7.48. The number of benzene rings is 2. The molecule has 28 heavy (non-hydrogen) atoms. The summed E-state index contributed by atoms with van der Waals surface area (Å²) in [4.78, 5) is 11.1. The zero-order valence-electron chi connectivity index (χ0n) is 16.1. The van der Waals surface area contributed by atoms with Crippen LogP contribution in [0.4, 0.5) is 0 Å². The van der Waals surface area contributed by atoms with Gasteiger partial charge >= 0.3 is 0 Å². The molecule has 0 fully saturated rings. The van der Waals surface area contributed by atoms with Gasteiger partial charge in [-0.25, -0.2) is 0 Å². The number of nitrogens with two attached hydrogens (primary N) is 1. The van der Waals surface area contributed by atoms with Crippen LogP contribution in [-0.4, -0.2) is 27.8 Å². The van der Waals surface area contributed by atoms with E-state index in [0.29, 0.717) is 19.3 Å². The number of hydrogen-bond donors (Lipinski definition) is 1. The number of nitrogens with zero attached hydrogens (tertiary/aromatic N) is 3. The smallest absolute Gasteiger partial charge is 0.217 e. The van der Waals surface area contributed by atoms with E-state index in [-0.39, 0.29) is 5.91 Å². The highest BCUT2D eigenvalue weighted by Crippen LogP contribution is 2.27. The van der Waals surface area contributed by atoms with Crippen molar-refractivity contribution in [2.45, 2.75) is 37.1 Å². The molecule has 3 aromatic rings. The Morgan fingerprint density at radius 1 is 1.18 bits per heavy atom. The number of ether oxygens (including phenoxy) is 1. The molecule has 3 rings (SSSR count). The summed E-state index contributed by atoms with van der Waals surface area (Å²) >= 11 is 1.63. The topological polar surface area (TPSA) is 83.0 Å². The Labute approximate surface area is 169 Å². The first kappa shape index (κ1) is 19.9. The third-order valence-corrected chi connectivity index (χ3v) is 5.29. The minimum Gasteiger partial charge on any atom is -0.497 e. The maximum absolute atomic E-state index is 11.1. The van der Waals surface area contributed by atoms with Crippen molar-refractivity contribution in [3.8, 4) is 11.4 Å². The Balaban J connectivity index is 1.87. The predicted molar refractivity (Wildman–Crippen MR) is 111 cm³/mol. The molecular formula is C21H24N4O2S. The summed E-state index contributed by atoms with van der Waals surface area (Å²) in [6.07, 6.45) is 1.59. The number of primary amides is 1. The molecule has 0 saturated heterocycles. The van der Waals surface area contributed by atoms with Crippen molar-refractivity contribution in [3.63, 3.8) is 0 Å². The fraction of sp³-hybridized carbons (Fsp3) is 0.286. The van der Waals surface area contributed by atoms with E-state index in [1.54, 1.807) is 18.9 Å². The van der Waals surface area contributed by atoms with E-state index in [1.165, 1.54) is 11.1 Å². The summed E-state index contributed by atoms with van der Waals surface area (Å²) in [6, 6.07) is 16.2. The van der Waals surface area contributed by atoms with Gasteiger partial charge in [0.25, 0.3) is 0 Å². The number of thioether (sulfide) groups is 1. The maximum Gasteiger partial charge on any atom is 0.217 e. The lowest BCUT2D eigenvalue weighted by Crippen LogP contribution is -2.11. The van der Waals surface area contributed by atoms with E-state index in [2.05, 4.69) is 41.4 Å². The van der Waals surface area contributed by atoms with Crippen LogP contribution in [0.5, 0.6) is 5.75 Å². The molecule has 0 saturated carbocycles. The van der Waals surface area contributed by atoms with Crippen molar-refractivity contribution in [1.29, 1.82) is 0 Å². The molecule has 0 unspecified atom stereocenters. The van der Waals surface area contributed by atoms with Crippen molar-refractivity contribution in [2.75, 3.05) is 7.11 Å². The summed E-state index contributed by atoms with van der Waals surface area (Å²) in [6.45, 7) is 2.09.